The molecule has 114 valence electrons. The molecule has 0 aromatic rings. The van der Waals surface area contributed by atoms with Crippen LogP contribution in [0.3, 0.4) is 0 Å². The van der Waals surface area contributed by atoms with Gasteiger partial charge in [-0.15, -0.1) is 0 Å². The number of amides is 2. The summed E-state index contributed by atoms with van der Waals surface area (Å²) in [5.41, 5.74) is 5.53. The molecule has 0 spiro atoms. The molecule has 2 rings (SSSR count). The Morgan fingerprint density at radius 3 is 2.60 bits per heavy atom. The third kappa shape index (κ3) is 3.68. The van der Waals surface area contributed by atoms with Crippen molar-refractivity contribution in [3.63, 3.8) is 0 Å². The Morgan fingerprint density at radius 1 is 1.30 bits per heavy atom. The van der Waals surface area contributed by atoms with Gasteiger partial charge in [0.05, 0.1) is 25.9 Å². The van der Waals surface area contributed by atoms with E-state index in [0.717, 1.165) is 6.42 Å². The number of hydrogen-bond donors (Lipinski definition) is 1. The van der Waals surface area contributed by atoms with E-state index in [1.807, 2.05) is 0 Å². The lowest BCUT2D eigenvalue weighted by Gasteiger charge is -2.29. The summed E-state index contributed by atoms with van der Waals surface area (Å²) in [6.07, 6.45) is 0.993. The second-order valence-corrected chi connectivity index (χ2v) is 5.25. The summed E-state index contributed by atoms with van der Waals surface area (Å²) in [7, 11) is 1.64. The fraction of sp³-hybridized carbons (Fsp3) is 0.846. The van der Waals surface area contributed by atoms with Crippen molar-refractivity contribution < 1.29 is 19.1 Å². The highest BCUT2D eigenvalue weighted by atomic mass is 16.5. The molecule has 0 aliphatic carbocycles. The van der Waals surface area contributed by atoms with E-state index in [1.54, 1.807) is 11.9 Å². The molecule has 0 aromatic heterocycles. The predicted molar refractivity (Wildman–Crippen MR) is 72.0 cm³/mol. The standard InChI is InChI=1S/C13H23N3O4/c1-15(9-12(17)16-4-6-19-7-5-16)13(18)11-3-2-10(8-14)20-11/h10-11H,2-9,14H2,1H3/t10-,11+/m1/s1. The maximum Gasteiger partial charge on any atom is 0.251 e. The molecule has 2 saturated heterocycles. The Bertz CT molecular complexity index is 358. The van der Waals surface area contributed by atoms with Crippen LogP contribution < -0.4 is 5.73 Å². The first-order chi connectivity index (χ1) is 9.61. The molecule has 0 bridgehead atoms. The van der Waals surface area contributed by atoms with E-state index in [9.17, 15) is 9.59 Å². The maximum absolute atomic E-state index is 12.2. The van der Waals surface area contributed by atoms with Gasteiger partial charge in [-0.05, 0) is 12.8 Å². The van der Waals surface area contributed by atoms with Crippen LogP contribution in [0.15, 0.2) is 0 Å². The van der Waals surface area contributed by atoms with Gasteiger partial charge in [-0.3, -0.25) is 9.59 Å². The molecule has 0 radical (unpaired) electrons. The lowest BCUT2D eigenvalue weighted by Crippen LogP contribution is -2.47. The summed E-state index contributed by atoms with van der Waals surface area (Å²) in [5, 5.41) is 0. The first-order valence-electron chi connectivity index (χ1n) is 7.08. The normalized spacial score (nSPS) is 26.6. The molecule has 2 atom stereocenters. The highest BCUT2D eigenvalue weighted by Crippen LogP contribution is 2.20. The van der Waals surface area contributed by atoms with E-state index in [2.05, 4.69) is 0 Å². The molecule has 2 fully saturated rings. The number of ether oxygens (including phenoxy) is 2. The van der Waals surface area contributed by atoms with Gasteiger partial charge in [0.25, 0.3) is 5.91 Å². The first-order valence-corrected chi connectivity index (χ1v) is 7.08. The van der Waals surface area contributed by atoms with Crippen molar-refractivity contribution >= 4 is 11.8 Å². The van der Waals surface area contributed by atoms with Crippen molar-refractivity contribution in [1.82, 2.24) is 9.80 Å². The predicted octanol–water partition coefficient (Wildman–Crippen LogP) is -1.19. The summed E-state index contributed by atoms with van der Waals surface area (Å²) < 4.78 is 10.8. The zero-order chi connectivity index (χ0) is 14.5. The monoisotopic (exact) mass is 285 g/mol. The van der Waals surface area contributed by atoms with Crippen LogP contribution in [0.25, 0.3) is 0 Å². The molecule has 2 heterocycles. The van der Waals surface area contributed by atoms with Crippen LogP contribution >= 0.6 is 0 Å². The smallest absolute Gasteiger partial charge is 0.251 e. The third-order valence-electron chi connectivity index (χ3n) is 3.76. The van der Waals surface area contributed by atoms with Crippen LogP contribution in [0.4, 0.5) is 0 Å². The maximum atomic E-state index is 12.2. The van der Waals surface area contributed by atoms with E-state index in [-0.39, 0.29) is 24.5 Å². The average Bonchev–Trinajstić information content (AvgIpc) is 2.96. The summed E-state index contributed by atoms with van der Waals surface area (Å²) in [4.78, 5) is 27.4. The Hall–Kier alpha value is -1.18. The Labute approximate surface area is 119 Å². The van der Waals surface area contributed by atoms with Gasteiger partial charge in [0.15, 0.2) is 0 Å². The molecule has 20 heavy (non-hydrogen) atoms. The minimum atomic E-state index is -0.453. The van der Waals surface area contributed by atoms with Crippen LogP contribution in [-0.2, 0) is 19.1 Å². The first kappa shape index (κ1) is 15.2. The lowest BCUT2D eigenvalue weighted by molar-refractivity contribution is -0.147. The summed E-state index contributed by atoms with van der Waals surface area (Å²) in [6.45, 7) is 2.83. The van der Waals surface area contributed by atoms with Crippen molar-refractivity contribution in [2.24, 2.45) is 5.73 Å². The van der Waals surface area contributed by atoms with Crippen LogP contribution in [0.1, 0.15) is 12.8 Å². The molecule has 7 heteroatoms. The topological polar surface area (TPSA) is 85.1 Å². The fourth-order valence-corrected chi connectivity index (χ4v) is 2.50. The van der Waals surface area contributed by atoms with Gasteiger partial charge in [0.1, 0.15) is 6.10 Å². The van der Waals surface area contributed by atoms with E-state index in [0.29, 0.717) is 39.3 Å². The minimum Gasteiger partial charge on any atom is -0.378 e. The number of carbonyl (C=O) groups is 2. The Morgan fingerprint density at radius 2 is 2.00 bits per heavy atom. The van der Waals surface area contributed by atoms with Gasteiger partial charge >= 0.3 is 0 Å². The van der Waals surface area contributed by atoms with Crippen molar-refractivity contribution in [2.45, 2.75) is 25.0 Å². The summed E-state index contributed by atoms with van der Waals surface area (Å²) >= 11 is 0. The highest BCUT2D eigenvalue weighted by Gasteiger charge is 2.32. The average molecular weight is 285 g/mol. The second kappa shape index (κ2) is 7.01. The lowest BCUT2D eigenvalue weighted by atomic mass is 10.2. The number of hydrogen-bond acceptors (Lipinski definition) is 5. The van der Waals surface area contributed by atoms with Crippen LogP contribution in [0.2, 0.25) is 0 Å². The molecule has 2 amide bonds. The van der Waals surface area contributed by atoms with Gasteiger partial charge in [0.2, 0.25) is 5.91 Å². The van der Waals surface area contributed by atoms with Crippen molar-refractivity contribution in [3.8, 4) is 0 Å². The molecule has 7 nitrogen and oxygen atoms in total. The quantitative estimate of drug-likeness (QED) is 0.702. The molecule has 0 aromatic carbocycles. The molecular formula is C13H23N3O4. The van der Waals surface area contributed by atoms with E-state index in [4.69, 9.17) is 15.2 Å². The Kier molecular flexibility index (Phi) is 5.33. The van der Waals surface area contributed by atoms with Crippen molar-refractivity contribution in [1.29, 1.82) is 0 Å². The van der Waals surface area contributed by atoms with Crippen LogP contribution in [0, 0.1) is 0 Å². The van der Waals surface area contributed by atoms with Gasteiger partial charge in [-0.1, -0.05) is 0 Å². The van der Waals surface area contributed by atoms with Crippen LogP contribution in [0.5, 0.6) is 0 Å². The van der Waals surface area contributed by atoms with Crippen molar-refractivity contribution in [2.75, 3.05) is 46.4 Å². The molecule has 0 unspecified atom stereocenters. The van der Waals surface area contributed by atoms with Gasteiger partial charge < -0.3 is 25.0 Å². The number of nitrogens with two attached hydrogens (primary N) is 1. The SMILES string of the molecule is CN(CC(=O)N1CCOCC1)C(=O)[C@@H]1CC[C@H](CN)O1. The number of nitrogens with zero attached hydrogens (tertiary/aromatic N) is 2. The van der Waals surface area contributed by atoms with Gasteiger partial charge in [-0.25, -0.2) is 0 Å². The minimum absolute atomic E-state index is 0.0349. The van der Waals surface area contributed by atoms with Crippen LogP contribution in [-0.4, -0.2) is 80.3 Å². The number of carbonyl (C=O) groups excluding carboxylic acids is 2. The number of likely N-dealkylation sites (N-methyl/N-ethyl adjacent to an activating group) is 1. The summed E-state index contributed by atoms with van der Waals surface area (Å²) in [6, 6.07) is 0. The Balaban J connectivity index is 1.80. The summed E-state index contributed by atoms with van der Waals surface area (Å²) in [5.74, 6) is -0.180. The van der Waals surface area contributed by atoms with E-state index < -0.39 is 6.10 Å². The molecule has 2 N–H and O–H groups in total. The van der Waals surface area contributed by atoms with Crippen molar-refractivity contribution in [3.05, 3.63) is 0 Å². The molecule has 2 aliphatic rings. The highest BCUT2D eigenvalue weighted by molar-refractivity contribution is 5.87. The molecule has 0 saturated carbocycles. The van der Waals surface area contributed by atoms with Gasteiger partial charge in [0, 0.05) is 26.7 Å². The van der Waals surface area contributed by atoms with E-state index in [1.165, 1.54) is 4.90 Å². The molecule has 2 aliphatic heterocycles. The fourth-order valence-electron chi connectivity index (χ4n) is 2.50. The zero-order valence-electron chi connectivity index (χ0n) is 11.9. The number of morpholine rings is 1. The largest absolute Gasteiger partial charge is 0.378 e. The zero-order valence-corrected chi connectivity index (χ0v) is 11.9. The van der Waals surface area contributed by atoms with E-state index >= 15 is 0 Å². The second-order valence-electron chi connectivity index (χ2n) is 5.25. The van der Waals surface area contributed by atoms with Gasteiger partial charge in [-0.2, -0.15) is 0 Å². The number of rotatable bonds is 4. The third-order valence-corrected chi connectivity index (χ3v) is 3.76. The molecular weight excluding hydrogens is 262 g/mol.